The van der Waals surface area contributed by atoms with Gasteiger partial charge in [-0.1, -0.05) is 64.6 Å². The van der Waals surface area contributed by atoms with Gasteiger partial charge >= 0.3 is 0 Å². The normalized spacial score (nSPS) is 21.6. The van der Waals surface area contributed by atoms with Crippen molar-refractivity contribution in [2.24, 2.45) is 0 Å². The largest absolute Gasteiger partial charge is 0.197 e. The SMILES string of the molecule is CCC1CCCC[Si]1(CC)CC.S.S.S.S. The summed E-state index contributed by atoms with van der Waals surface area (Å²) < 4.78 is 0. The van der Waals surface area contributed by atoms with Gasteiger partial charge in [0.25, 0.3) is 0 Å². The highest BCUT2D eigenvalue weighted by molar-refractivity contribution is 7.59. The highest BCUT2D eigenvalue weighted by Crippen LogP contribution is 2.44. The lowest BCUT2D eigenvalue weighted by Gasteiger charge is -2.41. The molecule has 104 valence electrons. The molecular weight excluding hydrogens is 288 g/mol. The van der Waals surface area contributed by atoms with Crippen LogP contribution in [0.5, 0.6) is 0 Å². The van der Waals surface area contributed by atoms with Crippen molar-refractivity contribution in [1.29, 1.82) is 0 Å². The van der Waals surface area contributed by atoms with Crippen LogP contribution in [0.2, 0.25) is 23.7 Å². The average Bonchev–Trinajstić information content (AvgIpc) is 2.17. The van der Waals surface area contributed by atoms with E-state index in [1.54, 1.807) is 31.0 Å². The van der Waals surface area contributed by atoms with Crippen LogP contribution in [-0.4, -0.2) is 8.07 Å². The molecule has 5 heteroatoms. The zero-order chi connectivity index (χ0) is 9.03. The molecule has 1 aliphatic rings. The highest BCUT2D eigenvalue weighted by Gasteiger charge is 2.38. The van der Waals surface area contributed by atoms with Crippen molar-refractivity contribution in [2.45, 2.75) is 70.1 Å². The minimum atomic E-state index is -0.760. The van der Waals surface area contributed by atoms with Gasteiger partial charge in [-0.25, -0.2) is 0 Å². The quantitative estimate of drug-likeness (QED) is 0.649. The van der Waals surface area contributed by atoms with Crippen LogP contribution in [-0.2, 0) is 0 Å². The highest BCUT2D eigenvalue weighted by atomic mass is 32.1. The summed E-state index contributed by atoms with van der Waals surface area (Å²) in [6.45, 7) is 7.30. The van der Waals surface area contributed by atoms with Gasteiger partial charge in [0, 0.05) is 0 Å². The molecule has 0 N–H and O–H groups in total. The predicted molar refractivity (Wildman–Crippen MR) is 101 cm³/mol. The van der Waals surface area contributed by atoms with Gasteiger partial charge in [0.1, 0.15) is 0 Å². The van der Waals surface area contributed by atoms with Crippen molar-refractivity contribution >= 4 is 62.1 Å². The van der Waals surface area contributed by atoms with Gasteiger partial charge in [-0.2, -0.15) is 54.0 Å². The molecule has 1 saturated heterocycles. The molecular formula is C11H32S4Si. The van der Waals surface area contributed by atoms with Crippen molar-refractivity contribution in [3.05, 3.63) is 0 Å². The third kappa shape index (κ3) is 5.98. The molecule has 1 fully saturated rings. The fourth-order valence-corrected chi connectivity index (χ4v) is 8.60. The second-order valence-electron chi connectivity index (χ2n) is 4.42. The molecule has 0 radical (unpaired) electrons. The zero-order valence-corrected chi connectivity index (χ0v) is 16.0. The second kappa shape index (κ2) is 13.1. The van der Waals surface area contributed by atoms with E-state index in [9.17, 15) is 0 Å². The molecule has 1 atom stereocenters. The van der Waals surface area contributed by atoms with E-state index in [0.29, 0.717) is 0 Å². The Bertz CT molecular complexity index is 140. The van der Waals surface area contributed by atoms with Crippen molar-refractivity contribution in [1.82, 2.24) is 0 Å². The number of rotatable bonds is 3. The standard InChI is InChI=1S/C11H24Si.4H2S/c1-4-11-9-7-8-10-12(11,5-2)6-3;;;;/h11H,4-10H2,1-3H3;4*1H2. The van der Waals surface area contributed by atoms with E-state index in [1.807, 2.05) is 0 Å². The molecule has 0 bridgehead atoms. The summed E-state index contributed by atoms with van der Waals surface area (Å²) in [5.74, 6) is 0. The Balaban J connectivity index is -0.000000180. The van der Waals surface area contributed by atoms with Crippen LogP contribution in [0, 0.1) is 0 Å². The smallest absolute Gasteiger partial charge is 0.0561 e. The lowest BCUT2D eigenvalue weighted by Crippen LogP contribution is -2.40. The second-order valence-corrected chi connectivity index (χ2v) is 9.88. The van der Waals surface area contributed by atoms with Crippen LogP contribution in [0.25, 0.3) is 0 Å². The molecule has 1 aliphatic heterocycles. The Hall–Kier alpha value is 1.62. The molecule has 16 heavy (non-hydrogen) atoms. The number of hydrogen-bond donors (Lipinski definition) is 0. The van der Waals surface area contributed by atoms with E-state index in [2.05, 4.69) is 20.8 Å². The summed E-state index contributed by atoms with van der Waals surface area (Å²) in [6.07, 6.45) is 6.09. The molecule has 0 aromatic rings. The van der Waals surface area contributed by atoms with Crippen LogP contribution in [0.3, 0.4) is 0 Å². The summed E-state index contributed by atoms with van der Waals surface area (Å²) in [6, 6.07) is 4.72. The first-order valence-corrected chi connectivity index (χ1v) is 8.49. The molecule has 0 aromatic heterocycles. The summed E-state index contributed by atoms with van der Waals surface area (Å²) in [7, 11) is -0.760. The van der Waals surface area contributed by atoms with Crippen molar-refractivity contribution in [3.8, 4) is 0 Å². The van der Waals surface area contributed by atoms with E-state index in [0.717, 1.165) is 0 Å². The fraction of sp³-hybridized carbons (Fsp3) is 1.00. The monoisotopic (exact) mass is 320 g/mol. The average molecular weight is 321 g/mol. The van der Waals surface area contributed by atoms with Crippen LogP contribution >= 0.6 is 54.0 Å². The molecule has 1 unspecified atom stereocenters. The fourth-order valence-electron chi connectivity index (χ4n) is 3.20. The lowest BCUT2D eigenvalue weighted by atomic mass is 10.1. The van der Waals surface area contributed by atoms with Gasteiger partial charge in [-0.15, -0.1) is 0 Å². The van der Waals surface area contributed by atoms with Crippen LogP contribution < -0.4 is 0 Å². The van der Waals surface area contributed by atoms with Crippen LogP contribution in [0.15, 0.2) is 0 Å². The van der Waals surface area contributed by atoms with Gasteiger partial charge in [-0.3, -0.25) is 0 Å². The van der Waals surface area contributed by atoms with Crippen LogP contribution in [0.4, 0.5) is 0 Å². The van der Waals surface area contributed by atoms with Crippen molar-refractivity contribution in [3.63, 3.8) is 0 Å². The molecule has 0 spiro atoms. The maximum atomic E-state index is 2.45. The third-order valence-electron chi connectivity index (χ3n) is 4.24. The van der Waals surface area contributed by atoms with E-state index in [1.165, 1.54) is 18.4 Å². The minimum Gasteiger partial charge on any atom is -0.197 e. The summed E-state index contributed by atoms with van der Waals surface area (Å²) in [4.78, 5) is 0. The zero-order valence-electron chi connectivity index (χ0n) is 11.0. The molecule has 0 aromatic carbocycles. The number of hydrogen-bond acceptors (Lipinski definition) is 0. The Morgan fingerprint density at radius 2 is 1.38 bits per heavy atom. The van der Waals surface area contributed by atoms with E-state index in [4.69, 9.17) is 0 Å². The minimum absolute atomic E-state index is 0. The van der Waals surface area contributed by atoms with Gasteiger partial charge in [-0.05, 0) is 5.54 Å². The van der Waals surface area contributed by atoms with E-state index < -0.39 is 8.07 Å². The first-order valence-electron chi connectivity index (χ1n) is 5.79. The Morgan fingerprint density at radius 3 is 1.69 bits per heavy atom. The van der Waals surface area contributed by atoms with E-state index >= 15 is 0 Å². The maximum Gasteiger partial charge on any atom is 0.0561 e. The van der Waals surface area contributed by atoms with Gasteiger partial charge < -0.3 is 0 Å². The van der Waals surface area contributed by atoms with Gasteiger partial charge in [0.15, 0.2) is 0 Å². The first-order chi connectivity index (χ1) is 5.79. The molecule has 0 nitrogen and oxygen atoms in total. The van der Waals surface area contributed by atoms with Crippen LogP contribution in [0.1, 0.15) is 46.5 Å². The predicted octanol–water partition coefficient (Wildman–Crippen LogP) is 4.89. The molecule has 1 rings (SSSR count). The van der Waals surface area contributed by atoms with Gasteiger partial charge in [0.05, 0.1) is 8.07 Å². The summed E-state index contributed by atoms with van der Waals surface area (Å²) in [5.41, 5.74) is 1.17. The molecule has 0 amide bonds. The molecule has 0 aliphatic carbocycles. The van der Waals surface area contributed by atoms with E-state index in [-0.39, 0.29) is 54.0 Å². The lowest BCUT2D eigenvalue weighted by molar-refractivity contribution is 0.584. The third-order valence-corrected chi connectivity index (χ3v) is 10.8. The first kappa shape index (κ1) is 26.2. The Morgan fingerprint density at radius 1 is 0.875 bits per heavy atom. The maximum absolute atomic E-state index is 2.45. The van der Waals surface area contributed by atoms with Gasteiger partial charge in [0.2, 0.25) is 0 Å². The van der Waals surface area contributed by atoms with Crippen molar-refractivity contribution in [2.75, 3.05) is 0 Å². The summed E-state index contributed by atoms with van der Waals surface area (Å²) >= 11 is 0. The summed E-state index contributed by atoms with van der Waals surface area (Å²) in [5, 5.41) is 0. The molecule has 0 saturated carbocycles. The Labute approximate surface area is 132 Å². The molecule has 1 heterocycles. The topological polar surface area (TPSA) is 0 Å². The van der Waals surface area contributed by atoms with Crippen molar-refractivity contribution < 1.29 is 0 Å². The Kier molecular flexibility index (Phi) is 21.4.